The van der Waals surface area contributed by atoms with Crippen LogP contribution in [0.25, 0.3) is 5.69 Å². The zero-order valence-corrected chi connectivity index (χ0v) is 14.7. The van der Waals surface area contributed by atoms with Gasteiger partial charge in [-0.05, 0) is 47.2 Å². The number of anilines is 1. The Morgan fingerprint density at radius 2 is 1.88 bits per heavy atom. The van der Waals surface area contributed by atoms with Crippen molar-refractivity contribution in [2.75, 3.05) is 11.1 Å². The molecule has 2 N–H and O–H groups in total. The summed E-state index contributed by atoms with van der Waals surface area (Å²) in [5.41, 5.74) is 3.12. The van der Waals surface area contributed by atoms with Crippen molar-refractivity contribution >= 4 is 23.4 Å². The van der Waals surface area contributed by atoms with Gasteiger partial charge in [-0.15, -0.1) is 0 Å². The fourth-order valence-electron chi connectivity index (χ4n) is 2.28. The van der Waals surface area contributed by atoms with E-state index in [9.17, 15) is 9.59 Å². The van der Waals surface area contributed by atoms with Crippen molar-refractivity contribution in [3.05, 3.63) is 70.1 Å². The molecule has 1 heterocycles. The molecule has 0 aliphatic rings. The average Bonchev–Trinajstić information content (AvgIpc) is 2.96. The van der Waals surface area contributed by atoms with Crippen LogP contribution in [0.15, 0.2) is 62.9 Å². The van der Waals surface area contributed by atoms with Crippen molar-refractivity contribution in [2.45, 2.75) is 18.9 Å². The molecular weight excluding hydrogens is 338 g/mol. The van der Waals surface area contributed by atoms with Crippen molar-refractivity contribution in [3.63, 3.8) is 0 Å². The molecule has 0 bridgehead atoms. The Morgan fingerprint density at radius 3 is 2.60 bits per heavy atom. The summed E-state index contributed by atoms with van der Waals surface area (Å²) in [5, 5.41) is 5.74. The molecule has 0 aliphatic heterocycles. The number of aromatic nitrogens is 2. The van der Waals surface area contributed by atoms with Gasteiger partial charge in [0.2, 0.25) is 11.6 Å². The van der Waals surface area contributed by atoms with E-state index in [2.05, 4.69) is 10.6 Å². The lowest BCUT2D eigenvalue weighted by molar-refractivity contribution is -0.704. The largest absolute Gasteiger partial charge is 0.442 e. The average molecular weight is 356 g/mol. The van der Waals surface area contributed by atoms with E-state index in [4.69, 9.17) is 4.52 Å². The third kappa shape index (κ3) is 4.00. The van der Waals surface area contributed by atoms with Crippen LogP contribution in [0.2, 0.25) is 0 Å². The molecule has 2 aromatic carbocycles. The molecule has 7 heteroatoms. The number of nitrogens with zero attached hydrogens (tertiary/aromatic N) is 1. The zero-order valence-electron chi connectivity index (χ0n) is 13.9. The number of hydrogen-bond acceptors (Lipinski definition) is 4. The van der Waals surface area contributed by atoms with E-state index in [1.807, 2.05) is 62.4 Å². The molecular formula is C18H18N3O3S+. The van der Waals surface area contributed by atoms with Gasteiger partial charge in [-0.3, -0.25) is 9.32 Å². The number of rotatable bonds is 5. The predicted octanol–water partition coefficient (Wildman–Crippen LogP) is 2.59. The first-order valence-electron chi connectivity index (χ1n) is 7.73. The molecule has 0 atom stereocenters. The number of nitrogens with one attached hydrogen (secondary N) is 2. The number of para-hydroxylation sites is 1. The number of aromatic amines is 1. The van der Waals surface area contributed by atoms with Crippen LogP contribution in [0.4, 0.5) is 5.69 Å². The summed E-state index contributed by atoms with van der Waals surface area (Å²) < 4.78 is 6.42. The summed E-state index contributed by atoms with van der Waals surface area (Å²) in [7, 11) is 0. The summed E-state index contributed by atoms with van der Waals surface area (Å²) in [5.74, 6) is -0.0848. The summed E-state index contributed by atoms with van der Waals surface area (Å²) in [6.07, 6.45) is 0. The minimum absolute atomic E-state index is 0.100. The van der Waals surface area contributed by atoms with E-state index in [0.717, 1.165) is 34.3 Å². The Labute approximate surface area is 148 Å². The van der Waals surface area contributed by atoms with Crippen LogP contribution in [0.5, 0.6) is 0 Å². The van der Waals surface area contributed by atoms with E-state index in [-0.39, 0.29) is 11.7 Å². The minimum Gasteiger partial charge on any atom is -0.325 e. The summed E-state index contributed by atoms with van der Waals surface area (Å²) in [4.78, 5) is 24.1. The van der Waals surface area contributed by atoms with Crippen LogP contribution in [0.1, 0.15) is 11.1 Å². The topological polar surface area (TPSA) is 79.0 Å². The first-order chi connectivity index (χ1) is 12.0. The molecule has 0 spiro atoms. The molecule has 1 amide bonds. The van der Waals surface area contributed by atoms with Gasteiger partial charge in [-0.25, -0.2) is 4.79 Å². The van der Waals surface area contributed by atoms with Gasteiger partial charge in [-0.1, -0.05) is 35.9 Å². The van der Waals surface area contributed by atoms with Crippen LogP contribution in [-0.4, -0.2) is 16.9 Å². The quantitative estimate of drug-likeness (QED) is 0.544. The number of benzene rings is 2. The second-order valence-corrected chi connectivity index (χ2v) is 6.57. The zero-order chi connectivity index (χ0) is 17.8. The van der Waals surface area contributed by atoms with Crippen molar-refractivity contribution in [2.24, 2.45) is 0 Å². The standard InChI is InChI=1S/C18H17N3O3S/c1-12-7-9-14(10-8-12)21-17(18(23)24-20-21)25-11-16(22)19-15-6-4-3-5-13(15)2/h3-10H,11H2,1-2H3,(H-,19,20,22,23)/p+1. The highest BCUT2D eigenvalue weighted by Gasteiger charge is 2.24. The van der Waals surface area contributed by atoms with Crippen molar-refractivity contribution in [1.29, 1.82) is 0 Å². The number of carbonyl (C=O) groups is 1. The number of hydrogen-bond donors (Lipinski definition) is 2. The summed E-state index contributed by atoms with van der Waals surface area (Å²) in [6.45, 7) is 3.91. The van der Waals surface area contributed by atoms with Crippen LogP contribution in [0, 0.1) is 13.8 Å². The molecule has 6 nitrogen and oxygen atoms in total. The first kappa shape index (κ1) is 17.0. The highest BCUT2D eigenvalue weighted by Crippen LogP contribution is 2.16. The lowest BCUT2D eigenvalue weighted by Gasteiger charge is -2.06. The Morgan fingerprint density at radius 1 is 1.16 bits per heavy atom. The molecule has 128 valence electrons. The van der Waals surface area contributed by atoms with Gasteiger partial charge in [0, 0.05) is 17.8 Å². The maximum atomic E-state index is 12.2. The molecule has 0 saturated carbocycles. The maximum absolute atomic E-state index is 12.2. The Kier molecular flexibility index (Phi) is 5.04. The number of amides is 1. The van der Waals surface area contributed by atoms with E-state index >= 15 is 0 Å². The van der Waals surface area contributed by atoms with Crippen LogP contribution in [-0.2, 0) is 4.79 Å². The molecule has 3 aromatic rings. The second-order valence-electron chi connectivity index (χ2n) is 5.61. The van der Waals surface area contributed by atoms with Gasteiger partial charge >= 0.3 is 10.7 Å². The Balaban J connectivity index is 1.72. The summed E-state index contributed by atoms with van der Waals surface area (Å²) in [6, 6.07) is 15.2. The highest BCUT2D eigenvalue weighted by molar-refractivity contribution is 7.99. The highest BCUT2D eigenvalue weighted by atomic mass is 32.2. The van der Waals surface area contributed by atoms with Gasteiger partial charge in [0.1, 0.15) is 0 Å². The van der Waals surface area contributed by atoms with Crippen molar-refractivity contribution in [1.82, 2.24) is 5.27 Å². The van der Waals surface area contributed by atoms with Crippen LogP contribution < -0.4 is 15.6 Å². The van der Waals surface area contributed by atoms with Gasteiger partial charge in [-0.2, -0.15) is 0 Å². The van der Waals surface area contributed by atoms with Gasteiger partial charge < -0.3 is 5.32 Å². The number of H-pyrrole nitrogens is 1. The lowest BCUT2D eigenvalue weighted by Crippen LogP contribution is -2.36. The Hall–Kier alpha value is -2.80. The number of thioether (sulfide) groups is 1. The van der Waals surface area contributed by atoms with Crippen LogP contribution >= 0.6 is 11.8 Å². The van der Waals surface area contributed by atoms with E-state index in [0.29, 0.717) is 5.03 Å². The number of carbonyl (C=O) groups excluding carboxylic acids is 1. The van der Waals surface area contributed by atoms with E-state index in [1.165, 1.54) is 4.68 Å². The SMILES string of the molecule is Cc1ccc(-[n+]2[nH]oc(=O)c2SCC(=O)Nc2ccccc2C)cc1. The molecule has 0 unspecified atom stereocenters. The fraction of sp³-hybridized carbons (Fsp3) is 0.167. The maximum Gasteiger partial charge on any atom is 0.442 e. The van der Waals surface area contributed by atoms with Crippen molar-refractivity contribution < 1.29 is 14.0 Å². The molecule has 25 heavy (non-hydrogen) atoms. The second kappa shape index (κ2) is 7.40. The Bertz CT molecular complexity index is 945. The van der Waals surface area contributed by atoms with E-state index < -0.39 is 5.63 Å². The minimum atomic E-state index is -0.505. The van der Waals surface area contributed by atoms with Crippen LogP contribution in [0.3, 0.4) is 0 Å². The normalized spacial score (nSPS) is 10.6. The monoisotopic (exact) mass is 356 g/mol. The van der Waals surface area contributed by atoms with E-state index in [1.54, 1.807) is 0 Å². The molecule has 0 aliphatic carbocycles. The molecule has 0 saturated heterocycles. The molecule has 0 fully saturated rings. The predicted molar refractivity (Wildman–Crippen MR) is 96.1 cm³/mol. The third-order valence-electron chi connectivity index (χ3n) is 3.66. The number of aryl methyl sites for hydroxylation is 2. The van der Waals surface area contributed by atoms with Gasteiger partial charge in [0.15, 0.2) is 0 Å². The van der Waals surface area contributed by atoms with Gasteiger partial charge in [0.25, 0.3) is 0 Å². The first-order valence-corrected chi connectivity index (χ1v) is 8.72. The lowest BCUT2D eigenvalue weighted by atomic mass is 10.2. The van der Waals surface area contributed by atoms with Gasteiger partial charge in [0.05, 0.1) is 5.75 Å². The van der Waals surface area contributed by atoms with Crippen molar-refractivity contribution in [3.8, 4) is 5.69 Å². The third-order valence-corrected chi connectivity index (χ3v) is 4.69. The molecule has 3 rings (SSSR count). The smallest absolute Gasteiger partial charge is 0.325 e. The fourth-order valence-corrected chi connectivity index (χ4v) is 3.06. The molecule has 1 aromatic heterocycles. The summed E-state index contributed by atoms with van der Waals surface area (Å²) >= 11 is 1.13. The molecule has 0 radical (unpaired) electrons.